The topological polar surface area (TPSA) is 12.5 Å². The van der Waals surface area contributed by atoms with Gasteiger partial charge in [0.15, 0.2) is 0 Å². The first-order valence-electron chi connectivity index (χ1n) is 24.5. The molecule has 332 valence electrons. The molecular formula is C68H43NOS. The van der Waals surface area contributed by atoms with E-state index in [2.05, 4.69) is 266 Å². The zero-order valence-corrected chi connectivity index (χ0v) is 39.4. The molecule has 0 atom stereocenters. The molecule has 0 radical (unpaired) electrons. The van der Waals surface area contributed by atoms with Crippen LogP contribution in [0.4, 0.5) is 17.1 Å². The van der Waals surface area contributed by atoms with Crippen LogP contribution in [0.5, 0.6) is 11.5 Å². The standard InChI is InChI=1S/C68H43NOS/c1-2-17-44(18-3-1)45-33-35-46(36-34-45)47-37-39-48(40-38-47)69(49-41-42-51-50-19-4-6-21-53(50)67(60(51)43-49)55-23-8-12-29-62(55)70-63-30-13-9-24-56(63)67)61-28-16-27-59-66(61)52-20-5-7-22-54(52)68(59)57-25-10-14-31-64(57)71-65-32-15-11-26-58(65)68/h1-43H. The normalized spacial score (nSPS) is 14.2. The van der Waals surface area contributed by atoms with Crippen molar-refractivity contribution in [3.63, 3.8) is 0 Å². The number of para-hydroxylation sites is 2. The Hall–Kier alpha value is -8.63. The highest BCUT2D eigenvalue weighted by atomic mass is 32.2. The van der Waals surface area contributed by atoms with Gasteiger partial charge in [0.05, 0.1) is 16.5 Å². The van der Waals surface area contributed by atoms with E-state index in [0.29, 0.717) is 0 Å². The largest absolute Gasteiger partial charge is 0.457 e. The van der Waals surface area contributed by atoms with Crippen LogP contribution in [-0.2, 0) is 10.8 Å². The monoisotopic (exact) mass is 921 g/mol. The Bertz CT molecular complexity index is 3860. The van der Waals surface area contributed by atoms with Crippen LogP contribution in [0.15, 0.2) is 271 Å². The third-order valence-electron chi connectivity index (χ3n) is 15.6. The molecule has 11 aromatic carbocycles. The number of hydrogen-bond donors (Lipinski definition) is 0. The first-order valence-corrected chi connectivity index (χ1v) is 25.3. The Morgan fingerprint density at radius 2 is 0.732 bits per heavy atom. The molecule has 0 unspecified atom stereocenters. The smallest absolute Gasteiger partial charge is 0.132 e. The lowest BCUT2D eigenvalue weighted by atomic mass is 9.66. The summed E-state index contributed by atoms with van der Waals surface area (Å²) in [6.45, 7) is 0. The maximum atomic E-state index is 6.76. The molecule has 2 heterocycles. The van der Waals surface area contributed by atoms with E-state index in [9.17, 15) is 0 Å². The highest BCUT2D eigenvalue weighted by molar-refractivity contribution is 7.99. The third-order valence-corrected chi connectivity index (χ3v) is 16.8. The van der Waals surface area contributed by atoms with Gasteiger partial charge in [-0.05, 0) is 127 Å². The number of rotatable bonds is 5. The van der Waals surface area contributed by atoms with Gasteiger partial charge in [-0.3, -0.25) is 0 Å². The maximum Gasteiger partial charge on any atom is 0.132 e. The lowest BCUT2D eigenvalue weighted by molar-refractivity contribution is 0.436. The van der Waals surface area contributed by atoms with Crippen LogP contribution in [0.3, 0.4) is 0 Å². The summed E-state index contributed by atoms with van der Waals surface area (Å²) in [5, 5.41) is 0. The van der Waals surface area contributed by atoms with Crippen molar-refractivity contribution < 1.29 is 4.74 Å². The minimum absolute atomic E-state index is 0.513. The summed E-state index contributed by atoms with van der Waals surface area (Å²) in [4.78, 5) is 5.12. The summed E-state index contributed by atoms with van der Waals surface area (Å²) in [5.74, 6) is 1.77. The van der Waals surface area contributed by atoms with Gasteiger partial charge in [-0.15, -0.1) is 0 Å². The Balaban J connectivity index is 0.984. The fourth-order valence-electron chi connectivity index (χ4n) is 12.8. The lowest BCUT2D eigenvalue weighted by Crippen LogP contribution is -2.32. The maximum absolute atomic E-state index is 6.76. The number of ether oxygens (including phenoxy) is 1. The van der Waals surface area contributed by atoms with E-state index < -0.39 is 10.8 Å². The predicted molar refractivity (Wildman–Crippen MR) is 291 cm³/mol. The van der Waals surface area contributed by atoms with Crippen molar-refractivity contribution in [3.05, 3.63) is 305 Å². The van der Waals surface area contributed by atoms with E-state index in [1.807, 2.05) is 11.8 Å². The zero-order valence-electron chi connectivity index (χ0n) is 38.6. The molecule has 11 aromatic rings. The SMILES string of the molecule is c1ccc(-c2ccc(-c3ccc(N(c4ccc5c(c4)C4(c6ccccc6Oc6ccccc64)c4ccccc4-5)c4cccc5c4-c4ccccc4C54c5ccccc5Sc5ccccc54)cc3)cc2)cc1. The van der Waals surface area contributed by atoms with Gasteiger partial charge in [-0.1, -0.05) is 218 Å². The number of nitrogens with zero attached hydrogens (tertiary/aromatic N) is 1. The molecule has 71 heavy (non-hydrogen) atoms. The van der Waals surface area contributed by atoms with Crippen molar-refractivity contribution in [2.75, 3.05) is 4.90 Å². The van der Waals surface area contributed by atoms with E-state index in [1.54, 1.807) is 0 Å². The van der Waals surface area contributed by atoms with Crippen molar-refractivity contribution in [2.45, 2.75) is 20.6 Å². The summed E-state index contributed by atoms with van der Waals surface area (Å²) >= 11 is 1.88. The van der Waals surface area contributed by atoms with Crippen LogP contribution in [-0.4, -0.2) is 0 Å². The van der Waals surface area contributed by atoms with Gasteiger partial charge in [0.25, 0.3) is 0 Å². The molecule has 0 aromatic heterocycles. The molecule has 0 saturated carbocycles. The number of hydrogen-bond acceptors (Lipinski definition) is 3. The second-order valence-corrected chi connectivity index (χ2v) is 20.1. The minimum atomic E-state index is -0.614. The lowest BCUT2D eigenvalue weighted by Gasteiger charge is -2.40. The molecule has 0 saturated heterocycles. The van der Waals surface area contributed by atoms with Gasteiger partial charge < -0.3 is 9.64 Å². The molecule has 0 bridgehead atoms. The second kappa shape index (κ2) is 15.4. The summed E-state index contributed by atoms with van der Waals surface area (Å²) in [5.41, 5.74) is 22.0. The molecule has 2 spiro atoms. The molecule has 0 fully saturated rings. The van der Waals surface area contributed by atoms with E-state index in [-0.39, 0.29) is 0 Å². The van der Waals surface area contributed by atoms with Gasteiger partial charge >= 0.3 is 0 Å². The van der Waals surface area contributed by atoms with Crippen LogP contribution in [0.1, 0.15) is 44.5 Å². The number of benzene rings is 11. The first kappa shape index (κ1) is 40.3. The molecule has 2 aliphatic carbocycles. The summed E-state index contributed by atoms with van der Waals surface area (Å²) in [6.07, 6.45) is 0. The molecule has 2 nitrogen and oxygen atoms in total. The number of anilines is 3. The van der Waals surface area contributed by atoms with E-state index in [0.717, 1.165) is 39.7 Å². The van der Waals surface area contributed by atoms with Crippen LogP contribution in [0, 0.1) is 0 Å². The second-order valence-electron chi connectivity index (χ2n) is 19.0. The summed E-state index contributed by atoms with van der Waals surface area (Å²) in [6, 6.07) is 96.6. The van der Waals surface area contributed by atoms with Gasteiger partial charge in [0.2, 0.25) is 0 Å². The van der Waals surface area contributed by atoms with Crippen LogP contribution >= 0.6 is 11.8 Å². The molecule has 4 aliphatic rings. The van der Waals surface area contributed by atoms with E-state index in [1.165, 1.54) is 87.7 Å². The minimum Gasteiger partial charge on any atom is -0.457 e. The highest BCUT2D eigenvalue weighted by Gasteiger charge is 2.53. The summed E-state index contributed by atoms with van der Waals surface area (Å²) < 4.78 is 6.76. The van der Waals surface area contributed by atoms with Crippen LogP contribution < -0.4 is 9.64 Å². The zero-order chi connectivity index (χ0) is 46.7. The average molecular weight is 922 g/mol. The Kier molecular flexibility index (Phi) is 8.76. The van der Waals surface area contributed by atoms with Gasteiger partial charge in [0, 0.05) is 37.9 Å². The van der Waals surface area contributed by atoms with Gasteiger partial charge in [-0.25, -0.2) is 0 Å². The molecular weight excluding hydrogens is 879 g/mol. The van der Waals surface area contributed by atoms with Crippen molar-refractivity contribution in [1.82, 2.24) is 0 Å². The fraction of sp³-hybridized carbons (Fsp3) is 0.0294. The van der Waals surface area contributed by atoms with Gasteiger partial charge in [-0.2, -0.15) is 0 Å². The quantitative estimate of drug-likeness (QED) is 0.171. The molecule has 3 heteroatoms. The van der Waals surface area contributed by atoms with Crippen molar-refractivity contribution in [3.8, 4) is 56.0 Å². The Morgan fingerprint density at radius 1 is 0.296 bits per heavy atom. The van der Waals surface area contributed by atoms with E-state index >= 15 is 0 Å². The Morgan fingerprint density at radius 3 is 1.37 bits per heavy atom. The van der Waals surface area contributed by atoms with E-state index in [4.69, 9.17) is 4.74 Å². The third kappa shape index (κ3) is 5.61. The molecule has 0 amide bonds. The fourth-order valence-corrected chi connectivity index (χ4v) is 14.0. The Labute approximate surface area is 418 Å². The first-order chi connectivity index (χ1) is 35.2. The molecule has 15 rings (SSSR count). The van der Waals surface area contributed by atoms with Gasteiger partial charge in [0.1, 0.15) is 11.5 Å². The molecule has 0 N–H and O–H groups in total. The summed E-state index contributed by atoms with van der Waals surface area (Å²) in [7, 11) is 0. The average Bonchev–Trinajstić information content (AvgIpc) is 3.90. The van der Waals surface area contributed by atoms with Crippen LogP contribution in [0.2, 0.25) is 0 Å². The predicted octanol–water partition coefficient (Wildman–Crippen LogP) is 17.8. The molecule has 2 aliphatic heterocycles. The van der Waals surface area contributed by atoms with Crippen molar-refractivity contribution >= 4 is 28.8 Å². The number of fused-ring (bicyclic) bond motifs is 18. The van der Waals surface area contributed by atoms with Crippen molar-refractivity contribution in [2.24, 2.45) is 0 Å². The van der Waals surface area contributed by atoms with Crippen molar-refractivity contribution in [1.29, 1.82) is 0 Å². The van der Waals surface area contributed by atoms with Crippen LogP contribution in [0.25, 0.3) is 44.5 Å². The highest BCUT2D eigenvalue weighted by Crippen LogP contribution is 2.66.